The van der Waals surface area contributed by atoms with Crippen LogP contribution in [0.2, 0.25) is 0 Å². The average Bonchev–Trinajstić information content (AvgIpc) is 2.70. The van der Waals surface area contributed by atoms with Crippen molar-refractivity contribution in [1.29, 1.82) is 0 Å². The molecule has 3 aromatic carbocycles. The number of rotatable bonds is 0. The molecular formula is C18H14. The van der Waals surface area contributed by atoms with E-state index in [1.54, 1.807) is 22.1 Å². The molecule has 0 N–H and O–H groups in total. The van der Waals surface area contributed by atoms with Crippen LogP contribution < -0.4 is 0 Å². The molecule has 4 aliphatic rings. The monoisotopic (exact) mass is 230 g/mol. The smallest absolute Gasteiger partial charge is 0.0110 e. The third kappa shape index (κ3) is 0.978. The van der Waals surface area contributed by atoms with Crippen molar-refractivity contribution in [2.24, 2.45) is 0 Å². The second-order valence-electron chi connectivity index (χ2n) is 5.72. The molecule has 0 amide bonds. The summed E-state index contributed by atoms with van der Waals surface area (Å²) in [5, 5.41) is 6.05. The van der Waals surface area contributed by atoms with Crippen molar-refractivity contribution < 1.29 is 0 Å². The van der Waals surface area contributed by atoms with Gasteiger partial charge < -0.3 is 0 Å². The second kappa shape index (κ2) is 2.95. The van der Waals surface area contributed by atoms with E-state index >= 15 is 0 Å². The molecule has 0 saturated carbocycles. The van der Waals surface area contributed by atoms with E-state index in [2.05, 4.69) is 36.4 Å². The van der Waals surface area contributed by atoms with Crippen molar-refractivity contribution in [3.8, 4) is 0 Å². The Morgan fingerprint density at radius 3 is 2.44 bits per heavy atom. The molecule has 0 radical (unpaired) electrons. The molecule has 4 aliphatic carbocycles. The summed E-state index contributed by atoms with van der Waals surface area (Å²) in [6, 6.07) is 14.1. The topological polar surface area (TPSA) is 0 Å². The Kier molecular flexibility index (Phi) is 1.50. The third-order valence-electron chi connectivity index (χ3n) is 4.79. The zero-order chi connectivity index (χ0) is 11.7. The van der Waals surface area contributed by atoms with Crippen molar-refractivity contribution >= 4 is 21.5 Å². The minimum atomic E-state index is 1.20. The van der Waals surface area contributed by atoms with E-state index in [1.165, 1.54) is 47.4 Å². The summed E-state index contributed by atoms with van der Waals surface area (Å²) in [6.07, 6.45) is 4.91. The summed E-state index contributed by atoms with van der Waals surface area (Å²) >= 11 is 0. The molecule has 86 valence electrons. The molecule has 0 fully saturated rings. The van der Waals surface area contributed by atoms with Gasteiger partial charge in [-0.05, 0) is 75.5 Å². The highest BCUT2D eigenvalue weighted by molar-refractivity contribution is 6.06. The molecule has 7 rings (SSSR count). The van der Waals surface area contributed by atoms with Gasteiger partial charge in [0.15, 0.2) is 0 Å². The minimum Gasteiger partial charge on any atom is -0.0584 e. The van der Waals surface area contributed by atoms with E-state index in [4.69, 9.17) is 0 Å². The highest BCUT2D eigenvalue weighted by Gasteiger charge is 2.19. The molecule has 0 heteroatoms. The quantitative estimate of drug-likeness (QED) is 0.508. The van der Waals surface area contributed by atoms with Crippen LogP contribution in [-0.4, -0.2) is 0 Å². The first-order valence-corrected chi connectivity index (χ1v) is 6.89. The van der Waals surface area contributed by atoms with Gasteiger partial charge in [-0.3, -0.25) is 0 Å². The Bertz CT molecular complexity index is 824. The van der Waals surface area contributed by atoms with Crippen LogP contribution in [0.3, 0.4) is 0 Å². The number of fused-ring (bicyclic) bond motifs is 4. The van der Waals surface area contributed by atoms with Gasteiger partial charge in [-0.15, -0.1) is 0 Å². The highest BCUT2D eigenvalue weighted by Crippen LogP contribution is 2.39. The van der Waals surface area contributed by atoms with Crippen LogP contribution in [0.1, 0.15) is 22.3 Å². The molecule has 0 aromatic heterocycles. The first kappa shape index (κ1) is 9.16. The summed E-state index contributed by atoms with van der Waals surface area (Å²) < 4.78 is 0. The SMILES string of the molecule is c1cc2c3c4c5ccc(c4cc2cc1CC3)CC5. The van der Waals surface area contributed by atoms with Crippen LogP contribution >= 0.6 is 0 Å². The zero-order valence-electron chi connectivity index (χ0n) is 10.3. The first-order chi connectivity index (χ1) is 8.90. The molecule has 0 nitrogen and oxygen atoms in total. The molecule has 3 aromatic rings. The number of hydrogen-bond acceptors (Lipinski definition) is 0. The van der Waals surface area contributed by atoms with Gasteiger partial charge in [0.05, 0.1) is 0 Å². The van der Waals surface area contributed by atoms with Gasteiger partial charge in [-0.2, -0.15) is 0 Å². The van der Waals surface area contributed by atoms with Crippen molar-refractivity contribution in [1.82, 2.24) is 0 Å². The lowest BCUT2D eigenvalue weighted by molar-refractivity contribution is 0.938. The Hall–Kier alpha value is -1.82. The summed E-state index contributed by atoms with van der Waals surface area (Å²) in [5.41, 5.74) is 6.23. The number of hydrogen-bond donors (Lipinski definition) is 0. The van der Waals surface area contributed by atoms with Gasteiger partial charge in [0.2, 0.25) is 0 Å². The Labute approximate surface area is 106 Å². The standard InChI is InChI=1S/C18H14/c1-7-15-14-9-11(1)2-8-16(15)18-13-5-3-12(4-6-13)17(18)10-14/h1,3,5,7,9-10H,2,4,6,8H2. The summed E-state index contributed by atoms with van der Waals surface area (Å²) in [4.78, 5) is 0. The molecule has 0 spiro atoms. The van der Waals surface area contributed by atoms with Crippen LogP contribution in [0.25, 0.3) is 21.5 Å². The predicted octanol–water partition coefficient (Wildman–Crippen LogP) is 4.19. The predicted molar refractivity (Wildman–Crippen MR) is 76.3 cm³/mol. The fourth-order valence-electron chi connectivity index (χ4n) is 3.91. The van der Waals surface area contributed by atoms with Gasteiger partial charge in [-0.1, -0.05) is 30.3 Å². The van der Waals surface area contributed by atoms with Gasteiger partial charge in [0.25, 0.3) is 0 Å². The first-order valence-electron chi connectivity index (χ1n) is 6.89. The van der Waals surface area contributed by atoms with Crippen LogP contribution in [0, 0.1) is 0 Å². The Morgan fingerprint density at radius 2 is 1.56 bits per heavy atom. The van der Waals surface area contributed by atoms with E-state index in [9.17, 15) is 0 Å². The third-order valence-corrected chi connectivity index (χ3v) is 4.79. The normalized spacial score (nSPS) is 16.0. The summed E-state index contributed by atoms with van der Waals surface area (Å²) in [5.74, 6) is 0. The van der Waals surface area contributed by atoms with E-state index < -0.39 is 0 Å². The van der Waals surface area contributed by atoms with Crippen LogP contribution in [0.15, 0.2) is 36.4 Å². The lowest BCUT2D eigenvalue weighted by atomic mass is 9.83. The van der Waals surface area contributed by atoms with Crippen LogP contribution in [-0.2, 0) is 25.7 Å². The summed E-state index contributed by atoms with van der Waals surface area (Å²) in [6.45, 7) is 0. The Morgan fingerprint density at radius 1 is 0.667 bits per heavy atom. The lowest BCUT2D eigenvalue weighted by Gasteiger charge is -2.21. The van der Waals surface area contributed by atoms with Gasteiger partial charge in [0.1, 0.15) is 0 Å². The molecule has 0 saturated heterocycles. The number of benzene rings is 3. The molecule has 0 unspecified atom stereocenters. The van der Waals surface area contributed by atoms with Crippen LogP contribution in [0.4, 0.5) is 0 Å². The van der Waals surface area contributed by atoms with E-state index in [0.717, 1.165) is 0 Å². The maximum atomic E-state index is 2.43. The maximum absolute atomic E-state index is 2.43. The van der Waals surface area contributed by atoms with Crippen LogP contribution in [0.5, 0.6) is 0 Å². The van der Waals surface area contributed by atoms with Crippen molar-refractivity contribution in [3.63, 3.8) is 0 Å². The number of aryl methyl sites for hydroxylation is 4. The maximum Gasteiger partial charge on any atom is -0.0110 e. The fraction of sp³-hybridized carbons (Fsp3) is 0.222. The van der Waals surface area contributed by atoms with E-state index in [1.807, 2.05) is 0 Å². The van der Waals surface area contributed by atoms with E-state index in [0.29, 0.717) is 0 Å². The minimum absolute atomic E-state index is 1.20. The Balaban J connectivity index is 2.13. The van der Waals surface area contributed by atoms with Gasteiger partial charge >= 0.3 is 0 Å². The largest absolute Gasteiger partial charge is 0.0584 e. The highest BCUT2D eigenvalue weighted by atomic mass is 14.2. The molecule has 0 aliphatic heterocycles. The zero-order valence-corrected chi connectivity index (χ0v) is 10.3. The second-order valence-corrected chi connectivity index (χ2v) is 5.72. The lowest BCUT2D eigenvalue weighted by Crippen LogP contribution is -2.04. The molecule has 0 heterocycles. The molecule has 18 heavy (non-hydrogen) atoms. The van der Waals surface area contributed by atoms with Gasteiger partial charge in [-0.25, -0.2) is 0 Å². The fourth-order valence-corrected chi connectivity index (χ4v) is 3.91. The van der Waals surface area contributed by atoms with E-state index in [-0.39, 0.29) is 0 Å². The molecule has 6 bridgehead atoms. The average molecular weight is 230 g/mol. The molecule has 0 atom stereocenters. The molecular weight excluding hydrogens is 216 g/mol. The van der Waals surface area contributed by atoms with Crippen molar-refractivity contribution in [2.75, 3.05) is 0 Å². The van der Waals surface area contributed by atoms with Crippen molar-refractivity contribution in [3.05, 3.63) is 58.7 Å². The summed E-state index contributed by atoms with van der Waals surface area (Å²) in [7, 11) is 0. The van der Waals surface area contributed by atoms with Gasteiger partial charge in [0, 0.05) is 0 Å². The van der Waals surface area contributed by atoms with Crippen molar-refractivity contribution in [2.45, 2.75) is 25.7 Å².